The van der Waals surface area contributed by atoms with Gasteiger partial charge in [-0.1, -0.05) is 0 Å². The molecule has 1 rings (SSSR count). The monoisotopic (exact) mass is 233 g/mol. The van der Waals surface area contributed by atoms with Gasteiger partial charge in [-0.3, -0.25) is 4.79 Å². The molecule has 5 heteroatoms. The number of anilines is 1. The number of benzene rings is 1. The van der Waals surface area contributed by atoms with Crippen LogP contribution in [0.3, 0.4) is 0 Å². The van der Waals surface area contributed by atoms with Crippen molar-refractivity contribution in [3.05, 3.63) is 22.4 Å². The van der Waals surface area contributed by atoms with Crippen LogP contribution in [0.1, 0.15) is 0 Å². The van der Waals surface area contributed by atoms with Crippen LogP contribution >= 0.6 is 15.9 Å². The van der Waals surface area contributed by atoms with Gasteiger partial charge in [0.2, 0.25) is 0 Å². The van der Waals surface area contributed by atoms with Gasteiger partial charge in [-0.2, -0.15) is 0 Å². The number of carbonyl (C=O) groups is 1. The number of hydrogen-bond acceptors (Lipinski definition) is 3. The molecule has 0 saturated carbocycles. The van der Waals surface area contributed by atoms with Crippen molar-refractivity contribution in [3.63, 3.8) is 0 Å². The van der Waals surface area contributed by atoms with Crippen LogP contribution < -0.4 is 10.5 Å². The Kier molecular flexibility index (Phi) is 2.65. The first-order valence-corrected chi connectivity index (χ1v) is 3.79. The number of nitrogen functional groups attached to an aromatic ring is 1. The van der Waals surface area contributed by atoms with Crippen molar-refractivity contribution in [1.82, 2.24) is 0 Å². The molecule has 64 valence electrons. The third kappa shape index (κ3) is 1.73. The molecule has 12 heavy (non-hydrogen) atoms. The van der Waals surface area contributed by atoms with Gasteiger partial charge in [0.05, 0.1) is 10.2 Å². The van der Waals surface area contributed by atoms with Crippen molar-refractivity contribution in [3.8, 4) is 5.75 Å². The normalized spacial score (nSPS) is 9.50. The topological polar surface area (TPSA) is 52.3 Å². The Morgan fingerprint density at radius 1 is 1.58 bits per heavy atom. The zero-order chi connectivity index (χ0) is 9.14. The molecule has 2 N–H and O–H groups in total. The van der Waals surface area contributed by atoms with Crippen molar-refractivity contribution < 1.29 is 13.9 Å². The minimum atomic E-state index is -0.495. The summed E-state index contributed by atoms with van der Waals surface area (Å²) < 4.78 is 17.4. The van der Waals surface area contributed by atoms with E-state index in [1.54, 1.807) is 0 Å². The summed E-state index contributed by atoms with van der Waals surface area (Å²) in [5.74, 6) is -0.357. The van der Waals surface area contributed by atoms with Crippen LogP contribution in [0.4, 0.5) is 10.1 Å². The first-order chi connectivity index (χ1) is 5.65. The second-order valence-corrected chi connectivity index (χ2v) is 2.87. The van der Waals surface area contributed by atoms with Gasteiger partial charge >= 0.3 is 0 Å². The Hall–Kier alpha value is -1.10. The quantitative estimate of drug-likeness (QED) is 0.625. The van der Waals surface area contributed by atoms with E-state index < -0.39 is 5.82 Å². The molecule has 0 aliphatic heterocycles. The second kappa shape index (κ2) is 3.53. The smallest absolute Gasteiger partial charge is 0.298 e. The molecule has 1 aromatic rings. The highest BCUT2D eigenvalue weighted by molar-refractivity contribution is 9.10. The number of rotatable bonds is 2. The molecular formula is C7H5BrFNO2. The maximum Gasteiger partial charge on any atom is 0.298 e. The van der Waals surface area contributed by atoms with E-state index in [0.717, 1.165) is 6.07 Å². The molecule has 0 amide bonds. The molecule has 0 heterocycles. The highest BCUT2D eigenvalue weighted by Gasteiger charge is 2.05. The predicted octanol–water partition coefficient (Wildman–Crippen LogP) is 1.71. The molecule has 1 aromatic carbocycles. The van der Waals surface area contributed by atoms with Gasteiger partial charge in [0.15, 0.2) is 5.75 Å². The first-order valence-electron chi connectivity index (χ1n) is 3.00. The molecule has 0 spiro atoms. The lowest BCUT2D eigenvalue weighted by molar-refractivity contribution is -0.120. The lowest BCUT2D eigenvalue weighted by atomic mass is 10.3. The van der Waals surface area contributed by atoms with Crippen LogP contribution in [0.15, 0.2) is 16.6 Å². The van der Waals surface area contributed by atoms with E-state index in [1.165, 1.54) is 6.07 Å². The largest absolute Gasteiger partial charge is 0.427 e. The summed E-state index contributed by atoms with van der Waals surface area (Å²) in [7, 11) is 0. The third-order valence-corrected chi connectivity index (χ3v) is 1.84. The molecule has 0 fully saturated rings. The first kappa shape index (κ1) is 8.99. The fraction of sp³-hybridized carbons (Fsp3) is 0. The van der Waals surface area contributed by atoms with E-state index in [2.05, 4.69) is 20.7 Å². The van der Waals surface area contributed by atoms with E-state index in [4.69, 9.17) is 5.73 Å². The van der Waals surface area contributed by atoms with Gasteiger partial charge in [0.25, 0.3) is 6.47 Å². The number of ether oxygens (including phenoxy) is 1. The maximum atomic E-state index is 12.7. The van der Waals surface area contributed by atoms with Crippen LogP contribution in [0, 0.1) is 5.82 Å². The van der Waals surface area contributed by atoms with Gasteiger partial charge in [-0.25, -0.2) is 4.39 Å². The summed E-state index contributed by atoms with van der Waals surface area (Å²) in [6.45, 7) is 0.232. The molecule has 0 aromatic heterocycles. The summed E-state index contributed by atoms with van der Waals surface area (Å²) in [5.41, 5.74) is 5.42. The standard InChI is InChI=1S/C7H5BrFNO2/c8-4-1-7(12-3-11)6(10)2-5(4)9/h1-3H,10H2. The maximum absolute atomic E-state index is 12.7. The van der Waals surface area contributed by atoms with Gasteiger partial charge in [0, 0.05) is 12.1 Å². The van der Waals surface area contributed by atoms with Crippen molar-refractivity contribution in [2.24, 2.45) is 0 Å². The Labute approximate surface area is 76.4 Å². The van der Waals surface area contributed by atoms with E-state index in [1.807, 2.05) is 0 Å². The zero-order valence-electron chi connectivity index (χ0n) is 5.88. The van der Waals surface area contributed by atoms with Crippen LogP contribution in [0.5, 0.6) is 5.75 Å². The van der Waals surface area contributed by atoms with Crippen LogP contribution in [0.25, 0.3) is 0 Å². The van der Waals surface area contributed by atoms with Crippen molar-refractivity contribution in [2.75, 3.05) is 5.73 Å². The summed E-state index contributed by atoms with van der Waals surface area (Å²) in [6.07, 6.45) is 0. The van der Waals surface area contributed by atoms with Crippen LogP contribution in [0.2, 0.25) is 0 Å². The third-order valence-electron chi connectivity index (χ3n) is 1.23. The minimum Gasteiger partial charge on any atom is -0.427 e. The highest BCUT2D eigenvalue weighted by atomic mass is 79.9. The average Bonchev–Trinajstić information content (AvgIpc) is 2.01. The lowest BCUT2D eigenvalue weighted by Crippen LogP contribution is -1.96. The minimum absolute atomic E-state index is 0.0859. The summed E-state index contributed by atoms with van der Waals surface area (Å²) in [5, 5.41) is 0. The SMILES string of the molecule is Nc1cc(F)c(Br)cc1OC=O. The van der Waals surface area contributed by atoms with Crippen LogP contribution in [-0.4, -0.2) is 6.47 Å². The van der Waals surface area contributed by atoms with E-state index >= 15 is 0 Å². The number of carbonyl (C=O) groups excluding carboxylic acids is 1. The molecule has 0 aliphatic carbocycles. The fourth-order valence-corrected chi connectivity index (χ4v) is 1.02. The number of halogens is 2. The molecule has 0 saturated heterocycles. The molecular weight excluding hydrogens is 229 g/mol. The Balaban J connectivity index is 3.13. The Morgan fingerprint density at radius 3 is 2.83 bits per heavy atom. The van der Waals surface area contributed by atoms with E-state index in [-0.39, 0.29) is 22.4 Å². The van der Waals surface area contributed by atoms with Gasteiger partial charge in [-0.05, 0) is 15.9 Å². The van der Waals surface area contributed by atoms with Gasteiger partial charge in [-0.15, -0.1) is 0 Å². The summed E-state index contributed by atoms with van der Waals surface area (Å²) in [4.78, 5) is 9.94. The lowest BCUT2D eigenvalue weighted by Gasteiger charge is -2.03. The van der Waals surface area contributed by atoms with Crippen molar-refractivity contribution >= 4 is 28.1 Å². The summed E-state index contributed by atoms with van der Waals surface area (Å²) in [6, 6.07) is 2.36. The van der Waals surface area contributed by atoms with Crippen molar-refractivity contribution in [2.45, 2.75) is 0 Å². The number of nitrogens with two attached hydrogens (primary N) is 1. The number of hydrogen-bond donors (Lipinski definition) is 1. The highest BCUT2D eigenvalue weighted by Crippen LogP contribution is 2.27. The van der Waals surface area contributed by atoms with E-state index in [0.29, 0.717) is 0 Å². The summed E-state index contributed by atoms with van der Waals surface area (Å²) >= 11 is 2.92. The predicted molar refractivity (Wildman–Crippen MR) is 45.2 cm³/mol. The van der Waals surface area contributed by atoms with E-state index in [9.17, 15) is 9.18 Å². The molecule has 0 aliphatic rings. The van der Waals surface area contributed by atoms with Crippen molar-refractivity contribution in [1.29, 1.82) is 0 Å². The fourth-order valence-electron chi connectivity index (χ4n) is 0.698. The van der Waals surface area contributed by atoms with Gasteiger partial charge in [0.1, 0.15) is 5.82 Å². The average molecular weight is 234 g/mol. The second-order valence-electron chi connectivity index (χ2n) is 2.02. The molecule has 0 bridgehead atoms. The van der Waals surface area contributed by atoms with Crippen LogP contribution in [-0.2, 0) is 4.79 Å². The molecule has 0 radical (unpaired) electrons. The Morgan fingerprint density at radius 2 is 2.25 bits per heavy atom. The Bertz CT molecular complexity index is 317. The molecule has 3 nitrogen and oxygen atoms in total. The molecule has 0 unspecified atom stereocenters. The molecule has 0 atom stereocenters. The zero-order valence-corrected chi connectivity index (χ0v) is 7.47. The van der Waals surface area contributed by atoms with Gasteiger partial charge < -0.3 is 10.5 Å².